The zero-order chi connectivity index (χ0) is 15.3. The van der Waals surface area contributed by atoms with Crippen LogP contribution in [0.15, 0.2) is 0 Å². The minimum Gasteiger partial charge on any atom is -0.481 e. The van der Waals surface area contributed by atoms with Crippen LogP contribution in [0, 0.1) is 5.92 Å². The van der Waals surface area contributed by atoms with Gasteiger partial charge in [0.1, 0.15) is 0 Å². The van der Waals surface area contributed by atoms with Crippen molar-refractivity contribution in [3.63, 3.8) is 0 Å². The van der Waals surface area contributed by atoms with Crippen LogP contribution in [0.2, 0.25) is 0 Å². The quantitative estimate of drug-likeness (QED) is 0.837. The summed E-state index contributed by atoms with van der Waals surface area (Å²) >= 11 is 1.86. The topological polar surface area (TPSA) is 69.6 Å². The third-order valence-corrected chi connectivity index (χ3v) is 6.24. The molecule has 0 bridgehead atoms. The highest BCUT2D eigenvalue weighted by atomic mass is 32.2. The molecule has 1 heterocycles. The molecule has 2 rings (SSSR count). The van der Waals surface area contributed by atoms with Crippen LogP contribution in [0.3, 0.4) is 0 Å². The number of carboxylic acids is 1. The molecule has 0 aromatic carbocycles. The fourth-order valence-corrected chi connectivity index (χ4v) is 4.27. The Morgan fingerprint density at radius 1 is 1.29 bits per heavy atom. The lowest BCUT2D eigenvalue weighted by molar-refractivity contribution is -0.143. The molecule has 2 amide bonds. The van der Waals surface area contributed by atoms with Crippen molar-refractivity contribution in [1.82, 2.24) is 10.2 Å². The second-order valence-corrected chi connectivity index (χ2v) is 7.50. The summed E-state index contributed by atoms with van der Waals surface area (Å²) in [6.45, 7) is 1.70. The van der Waals surface area contributed by atoms with E-state index in [1.165, 1.54) is 19.3 Å². The molecule has 1 atom stereocenters. The van der Waals surface area contributed by atoms with Gasteiger partial charge in [0.25, 0.3) is 0 Å². The number of aliphatic carboxylic acids is 1. The van der Waals surface area contributed by atoms with Crippen LogP contribution in [0.4, 0.5) is 4.79 Å². The Kier molecular flexibility index (Phi) is 5.79. The average Bonchev–Trinajstić information content (AvgIpc) is 2.53. The molecule has 0 unspecified atom stereocenters. The van der Waals surface area contributed by atoms with Gasteiger partial charge in [0, 0.05) is 24.4 Å². The lowest BCUT2D eigenvalue weighted by atomic mass is 9.88. The standard InChI is InChI=1S/C15H26N2O3S/c1-21-15(7-3-2-4-8-15)11-16-14(20)17-9-5-6-12(10-17)13(18)19/h12H,2-11H2,1H3,(H,16,20)(H,18,19)/t12-/m0/s1. The summed E-state index contributed by atoms with van der Waals surface area (Å²) in [5.41, 5.74) is 0. The van der Waals surface area contributed by atoms with Gasteiger partial charge in [0.05, 0.1) is 5.92 Å². The molecule has 1 aliphatic carbocycles. The van der Waals surface area contributed by atoms with Crippen LogP contribution in [-0.4, -0.2) is 52.6 Å². The second-order valence-electron chi connectivity index (χ2n) is 6.23. The number of rotatable bonds is 4. The number of nitrogens with zero attached hydrogens (tertiary/aromatic N) is 1. The Balaban J connectivity index is 1.84. The average molecular weight is 314 g/mol. The van der Waals surface area contributed by atoms with Crippen molar-refractivity contribution in [2.75, 3.05) is 25.9 Å². The van der Waals surface area contributed by atoms with Gasteiger partial charge in [-0.25, -0.2) is 4.79 Å². The van der Waals surface area contributed by atoms with Gasteiger partial charge in [-0.05, 0) is 31.9 Å². The van der Waals surface area contributed by atoms with Gasteiger partial charge >= 0.3 is 12.0 Å². The smallest absolute Gasteiger partial charge is 0.317 e. The molecule has 0 aromatic rings. The van der Waals surface area contributed by atoms with Crippen molar-refractivity contribution in [2.45, 2.75) is 49.7 Å². The normalized spacial score (nSPS) is 25.4. The largest absolute Gasteiger partial charge is 0.481 e. The molecule has 1 aliphatic heterocycles. The van der Waals surface area contributed by atoms with E-state index in [9.17, 15) is 9.59 Å². The molecule has 2 fully saturated rings. The summed E-state index contributed by atoms with van der Waals surface area (Å²) in [5, 5.41) is 12.1. The maximum atomic E-state index is 12.3. The van der Waals surface area contributed by atoms with Crippen LogP contribution in [0.25, 0.3) is 0 Å². The first-order chi connectivity index (χ1) is 10.1. The maximum Gasteiger partial charge on any atom is 0.317 e. The molecule has 0 spiro atoms. The Morgan fingerprint density at radius 3 is 2.62 bits per heavy atom. The van der Waals surface area contributed by atoms with Crippen LogP contribution in [0.5, 0.6) is 0 Å². The van der Waals surface area contributed by atoms with Crippen molar-refractivity contribution in [3.05, 3.63) is 0 Å². The Morgan fingerprint density at radius 2 is 2.00 bits per heavy atom. The third kappa shape index (κ3) is 4.28. The summed E-state index contributed by atoms with van der Waals surface area (Å²) < 4.78 is 0.176. The van der Waals surface area contributed by atoms with Gasteiger partial charge < -0.3 is 15.3 Å². The fourth-order valence-electron chi connectivity index (χ4n) is 3.36. The molecule has 2 aliphatic rings. The highest BCUT2D eigenvalue weighted by molar-refractivity contribution is 8.00. The van der Waals surface area contributed by atoms with E-state index in [1.807, 2.05) is 11.8 Å². The second kappa shape index (κ2) is 7.38. The van der Waals surface area contributed by atoms with Crippen LogP contribution < -0.4 is 5.32 Å². The number of hydrogen-bond donors (Lipinski definition) is 2. The molecule has 0 radical (unpaired) electrons. The van der Waals surface area contributed by atoms with E-state index in [0.717, 1.165) is 19.3 Å². The van der Waals surface area contributed by atoms with E-state index < -0.39 is 11.9 Å². The highest BCUT2D eigenvalue weighted by Gasteiger charge is 2.33. The van der Waals surface area contributed by atoms with Gasteiger partial charge in [-0.15, -0.1) is 0 Å². The predicted octanol–water partition coefficient (Wildman–Crippen LogP) is 2.56. The van der Waals surface area contributed by atoms with E-state index in [4.69, 9.17) is 5.11 Å². The number of carbonyl (C=O) groups excluding carboxylic acids is 1. The summed E-state index contributed by atoms with van der Waals surface area (Å²) in [7, 11) is 0. The summed E-state index contributed by atoms with van der Waals surface area (Å²) in [6, 6.07) is -0.0973. The van der Waals surface area contributed by atoms with Gasteiger partial charge in [0.2, 0.25) is 0 Å². The van der Waals surface area contributed by atoms with E-state index in [-0.39, 0.29) is 10.8 Å². The van der Waals surface area contributed by atoms with Crippen LogP contribution >= 0.6 is 11.8 Å². The summed E-state index contributed by atoms with van der Waals surface area (Å²) in [5.74, 6) is -1.20. The first-order valence-electron chi connectivity index (χ1n) is 7.87. The Hall–Kier alpha value is -0.910. The summed E-state index contributed by atoms with van der Waals surface area (Å²) in [6.07, 6.45) is 9.66. The highest BCUT2D eigenvalue weighted by Crippen LogP contribution is 2.38. The minimum atomic E-state index is -0.791. The van der Waals surface area contributed by atoms with Crippen molar-refractivity contribution in [1.29, 1.82) is 0 Å². The predicted molar refractivity (Wildman–Crippen MR) is 84.7 cm³/mol. The molecular weight excluding hydrogens is 288 g/mol. The number of nitrogens with one attached hydrogen (secondary N) is 1. The molecule has 1 saturated heterocycles. The third-order valence-electron chi connectivity index (χ3n) is 4.82. The fraction of sp³-hybridized carbons (Fsp3) is 0.867. The number of urea groups is 1. The van der Waals surface area contributed by atoms with Crippen molar-refractivity contribution in [2.24, 2.45) is 5.92 Å². The van der Waals surface area contributed by atoms with E-state index in [2.05, 4.69) is 11.6 Å². The zero-order valence-electron chi connectivity index (χ0n) is 12.8. The minimum absolute atomic E-state index is 0.0973. The van der Waals surface area contributed by atoms with E-state index >= 15 is 0 Å². The molecule has 5 nitrogen and oxygen atoms in total. The molecule has 6 heteroatoms. The SMILES string of the molecule is CSC1(CNC(=O)N2CCC[C@H](C(=O)O)C2)CCCCC1. The molecular formula is C15H26N2O3S. The van der Waals surface area contributed by atoms with Crippen molar-refractivity contribution >= 4 is 23.8 Å². The first kappa shape index (κ1) is 16.5. The monoisotopic (exact) mass is 314 g/mol. The molecule has 1 saturated carbocycles. The Labute approximate surface area is 130 Å². The number of amides is 2. The molecule has 120 valence electrons. The van der Waals surface area contributed by atoms with Gasteiger partial charge in [0.15, 0.2) is 0 Å². The molecule has 0 aromatic heterocycles. The number of carboxylic acid groups (broad SMARTS) is 1. The van der Waals surface area contributed by atoms with E-state index in [0.29, 0.717) is 26.1 Å². The number of hydrogen-bond acceptors (Lipinski definition) is 3. The lowest BCUT2D eigenvalue weighted by Crippen LogP contribution is -2.50. The van der Waals surface area contributed by atoms with Gasteiger partial charge in [-0.1, -0.05) is 19.3 Å². The number of carbonyl (C=O) groups is 2. The molecule has 21 heavy (non-hydrogen) atoms. The zero-order valence-corrected chi connectivity index (χ0v) is 13.6. The number of thioether (sulfide) groups is 1. The number of piperidine rings is 1. The van der Waals surface area contributed by atoms with Crippen LogP contribution in [0.1, 0.15) is 44.9 Å². The van der Waals surface area contributed by atoms with Crippen molar-refractivity contribution in [3.8, 4) is 0 Å². The van der Waals surface area contributed by atoms with Crippen molar-refractivity contribution < 1.29 is 14.7 Å². The van der Waals surface area contributed by atoms with E-state index in [1.54, 1.807) is 4.90 Å². The Bertz CT molecular complexity index is 383. The van der Waals surface area contributed by atoms with Gasteiger partial charge in [-0.3, -0.25) is 4.79 Å². The van der Waals surface area contributed by atoms with Gasteiger partial charge in [-0.2, -0.15) is 11.8 Å². The lowest BCUT2D eigenvalue weighted by Gasteiger charge is -2.37. The van der Waals surface area contributed by atoms with Crippen LogP contribution in [-0.2, 0) is 4.79 Å². The first-order valence-corrected chi connectivity index (χ1v) is 9.09. The summed E-state index contributed by atoms with van der Waals surface area (Å²) in [4.78, 5) is 25.0. The number of likely N-dealkylation sites (tertiary alicyclic amines) is 1. The maximum absolute atomic E-state index is 12.3. The molecule has 2 N–H and O–H groups in total.